The molecule has 0 aliphatic rings. The molecule has 0 saturated heterocycles. The van der Waals surface area contributed by atoms with Crippen molar-refractivity contribution in [3.05, 3.63) is 84.2 Å². The lowest BCUT2D eigenvalue weighted by atomic mass is 10.2. The first-order valence-electron chi connectivity index (χ1n) is 7.45. The fourth-order valence-corrected chi connectivity index (χ4v) is 2.24. The zero-order valence-electron chi connectivity index (χ0n) is 12.6. The van der Waals surface area contributed by atoms with Crippen molar-refractivity contribution in [2.24, 2.45) is 0 Å². The van der Waals surface area contributed by atoms with Crippen LogP contribution in [0.5, 0.6) is 0 Å². The first-order chi connectivity index (χ1) is 11.3. The molecule has 0 radical (unpaired) electrons. The summed E-state index contributed by atoms with van der Waals surface area (Å²) in [7, 11) is 0. The van der Waals surface area contributed by atoms with Gasteiger partial charge < -0.3 is 10.6 Å². The van der Waals surface area contributed by atoms with E-state index in [1.807, 2.05) is 66.9 Å². The second kappa shape index (κ2) is 7.26. The SMILES string of the molecule is O=C(NCc1ccccc1)Nc1cnn(Cc2ccccc2)c1. The van der Waals surface area contributed by atoms with Crippen LogP contribution in [0.15, 0.2) is 73.1 Å². The number of rotatable bonds is 5. The highest BCUT2D eigenvalue weighted by atomic mass is 16.2. The number of hydrogen-bond donors (Lipinski definition) is 2. The second-order valence-corrected chi connectivity index (χ2v) is 5.21. The van der Waals surface area contributed by atoms with Crippen molar-refractivity contribution in [3.63, 3.8) is 0 Å². The minimum Gasteiger partial charge on any atom is -0.334 e. The van der Waals surface area contributed by atoms with Crippen LogP contribution in [-0.4, -0.2) is 15.8 Å². The maximum absolute atomic E-state index is 11.9. The quantitative estimate of drug-likeness (QED) is 0.760. The molecule has 0 bridgehead atoms. The number of carbonyl (C=O) groups excluding carboxylic acids is 1. The molecule has 2 N–H and O–H groups in total. The number of hydrogen-bond acceptors (Lipinski definition) is 2. The Balaban J connectivity index is 1.51. The largest absolute Gasteiger partial charge is 0.334 e. The van der Waals surface area contributed by atoms with Crippen molar-refractivity contribution in [3.8, 4) is 0 Å². The number of aromatic nitrogens is 2. The summed E-state index contributed by atoms with van der Waals surface area (Å²) in [6, 6.07) is 19.6. The number of amides is 2. The molecule has 0 unspecified atom stereocenters. The molecule has 1 heterocycles. The third-order valence-electron chi connectivity index (χ3n) is 3.37. The Bertz CT molecular complexity index is 753. The smallest absolute Gasteiger partial charge is 0.319 e. The van der Waals surface area contributed by atoms with Crippen molar-refractivity contribution in [1.29, 1.82) is 0 Å². The van der Waals surface area contributed by atoms with Crippen LogP contribution < -0.4 is 10.6 Å². The van der Waals surface area contributed by atoms with Gasteiger partial charge in [-0.3, -0.25) is 4.68 Å². The number of carbonyl (C=O) groups is 1. The van der Waals surface area contributed by atoms with Crippen LogP contribution in [0.4, 0.5) is 10.5 Å². The fraction of sp³-hybridized carbons (Fsp3) is 0.111. The number of benzene rings is 2. The van der Waals surface area contributed by atoms with Crippen LogP contribution >= 0.6 is 0 Å². The Kier molecular flexibility index (Phi) is 4.69. The first kappa shape index (κ1) is 14.8. The van der Waals surface area contributed by atoms with Gasteiger partial charge in [0.05, 0.1) is 18.4 Å². The molecule has 0 spiro atoms. The van der Waals surface area contributed by atoms with E-state index >= 15 is 0 Å². The molecule has 5 nitrogen and oxygen atoms in total. The summed E-state index contributed by atoms with van der Waals surface area (Å²) < 4.78 is 1.79. The molecule has 3 rings (SSSR count). The molecule has 2 amide bonds. The number of anilines is 1. The maximum atomic E-state index is 11.9. The van der Waals surface area contributed by atoms with E-state index < -0.39 is 0 Å². The van der Waals surface area contributed by atoms with Gasteiger partial charge in [0, 0.05) is 12.7 Å². The van der Waals surface area contributed by atoms with Gasteiger partial charge in [-0.05, 0) is 11.1 Å². The minimum absolute atomic E-state index is 0.242. The van der Waals surface area contributed by atoms with Crippen LogP contribution in [0.25, 0.3) is 0 Å². The standard InChI is InChI=1S/C18H18N4O/c23-18(19-11-15-7-3-1-4-8-15)21-17-12-20-22(14-17)13-16-9-5-2-6-10-16/h1-10,12,14H,11,13H2,(H2,19,21,23). The molecular formula is C18H18N4O. The normalized spacial score (nSPS) is 10.3. The van der Waals surface area contributed by atoms with E-state index in [1.54, 1.807) is 10.9 Å². The van der Waals surface area contributed by atoms with Crippen LogP contribution in [-0.2, 0) is 13.1 Å². The van der Waals surface area contributed by atoms with E-state index in [4.69, 9.17) is 0 Å². The lowest BCUT2D eigenvalue weighted by molar-refractivity contribution is 0.251. The van der Waals surface area contributed by atoms with E-state index in [-0.39, 0.29) is 6.03 Å². The Morgan fingerprint density at radius 3 is 2.30 bits per heavy atom. The highest BCUT2D eigenvalue weighted by Crippen LogP contribution is 2.08. The molecule has 0 aliphatic carbocycles. The van der Waals surface area contributed by atoms with Gasteiger partial charge in [0.1, 0.15) is 0 Å². The summed E-state index contributed by atoms with van der Waals surface area (Å²) in [5.41, 5.74) is 2.89. The summed E-state index contributed by atoms with van der Waals surface area (Å²) >= 11 is 0. The Morgan fingerprint density at radius 1 is 0.957 bits per heavy atom. The van der Waals surface area contributed by atoms with E-state index in [0.29, 0.717) is 18.8 Å². The molecule has 2 aromatic carbocycles. The summed E-state index contributed by atoms with van der Waals surface area (Å²) in [6.07, 6.45) is 3.46. The third kappa shape index (κ3) is 4.44. The first-order valence-corrected chi connectivity index (χ1v) is 7.45. The van der Waals surface area contributed by atoms with Crippen LogP contribution in [0.3, 0.4) is 0 Å². The van der Waals surface area contributed by atoms with E-state index in [0.717, 1.165) is 11.1 Å². The number of nitrogens with one attached hydrogen (secondary N) is 2. The molecule has 0 fully saturated rings. The molecule has 0 aliphatic heterocycles. The highest BCUT2D eigenvalue weighted by molar-refractivity contribution is 5.88. The zero-order chi connectivity index (χ0) is 15.9. The lowest BCUT2D eigenvalue weighted by Gasteiger charge is -2.05. The predicted molar refractivity (Wildman–Crippen MR) is 90.1 cm³/mol. The van der Waals surface area contributed by atoms with Gasteiger partial charge in [-0.15, -0.1) is 0 Å². The maximum Gasteiger partial charge on any atom is 0.319 e. The van der Waals surface area contributed by atoms with Gasteiger partial charge in [0.2, 0.25) is 0 Å². The molecule has 0 saturated carbocycles. The minimum atomic E-state index is -0.242. The van der Waals surface area contributed by atoms with Gasteiger partial charge in [-0.1, -0.05) is 60.7 Å². The highest BCUT2D eigenvalue weighted by Gasteiger charge is 2.04. The van der Waals surface area contributed by atoms with Crippen molar-refractivity contribution in [2.45, 2.75) is 13.1 Å². The molecule has 0 atom stereocenters. The van der Waals surface area contributed by atoms with E-state index in [9.17, 15) is 4.79 Å². The third-order valence-corrected chi connectivity index (χ3v) is 3.37. The number of urea groups is 1. The van der Waals surface area contributed by atoms with Crippen molar-refractivity contribution in [2.75, 3.05) is 5.32 Å². The van der Waals surface area contributed by atoms with Gasteiger partial charge in [-0.25, -0.2) is 4.79 Å². The second-order valence-electron chi connectivity index (χ2n) is 5.21. The van der Waals surface area contributed by atoms with Gasteiger partial charge >= 0.3 is 6.03 Å². The van der Waals surface area contributed by atoms with E-state index in [1.165, 1.54) is 0 Å². The van der Waals surface area contributed by atoms with Gasteiger partial charge in [0.15, 0.2) is 0 Å². The Hall–Kier alpha value is -3.08. The van der Waals surface area contributed by atoms with Gasteiger partial charge in [0.25, 0.3) is 0 Å². The lowest BCUT2D eigenvalue weighted by Crippen LogP contribution is -2.27. The van der Waals surface area contributed by atoms with Crippen molar-refractivity contribution < 1.29 is 4.79 Å². The van der Waals surface area contributed by atoms with Crippen molar-refractivity contribution in [1.82, 2.24) is 15.1 Å². The molecule has 3 aromatic rings. The van der Waals surface area contributed by atoms with Gasteiger partial charge in [-0.2, -0.15) is 5.10 Å². The van der Waals surface area contributed by atoms with E-state index in [2.05, 4.69) is 15.7 Å². The number of nitrogens with zero attached hydrogens (tertiary/aromatic N) is 2. The van der Waals surface area contributed by atoms with Crippen LogP contribution in [0, 0.1) is 0 Å². The Labute approximate surface area is 135 Å². The average molecular weight is 306 g/mol. The summed E-state index contributed by atoms with van der Waals surface area (Å²) in [5.74, 6) is 0. The molecule has 5 heteroatoms. The topological polar surface area (TPSA) is 59.0 Å². The monoisotopic (exact) mass is 306 g/mol. The molecular weight excluding hydrogens is 288 g/mol. The zero-order valence-corrected chi connectivity index (χ0v) is 12.6. The Morgan fingerprint density at radius 2 is 1.61 bits per heavy atom. The molecule has 23 heavy (non-hydrogen) atoms. The summed E-state index contributed by atoms with van der Waals surface area (Å²) in [4.78, 5) is 11.9. The van der Waals surface area contributed by atoms with Crippen molar-refractivity contribution >= 4 is 11.7 Å². The predicted octanol–water partition coefficient (Wildman–Crippen LogP) is 3.25. The fourth-order valence-electron chi connectivity index (χ4n) is 2.24. The van der Waals surface area contributed by atoms with Crippen LogP contribution in [0.2, 0.25) is 0 Å². The molecule has 116 valence electrons. The summed E-state index contributed by atoms with van der Waals surface area (Å²) in [5, 5.41) is 9.86. The summed E-state index contributed by atoms with van der Waals surface area (Å²) in [6.45, 7) is 1.17. The van der Waals surface area contributed by atoms with Crippen LogP contribution in [0.1, 0.15) is 11.1 Å². The average Bonchev–Trinajstić information content (AvgIpc) is 3.02. The molecule has 1 aromatic heterocycles.